The van der Waals surface area contributed by atoms with Crippen LogP contribution in [0.3, 0.4) is 0 Å². The second kappa shape index (κ2) is 2.01. The van der Waals surface area contributed by atoms with Crippen molar-refractivity contribution in [2.75, 3.05) is 0 Å². The van der Waals surface area contributed by atoms with E-state index < -0.39 is 0 Å². The molecule has 2 atom stereocenters. The van der Waals surface area contributed by atoms with E-state index in [-0.39, 0.29) is 0 Å². The molecule has 1 heterocycles. The molecular formula is C7H12NO+. The summed E-state index contributed by atoms with van der Waals surface area (Å²) in [5.41, 5.74) is 0. The van der Waals surface area contributed by atoms with Crippen LogP contribution in [0.1, 0.15) is 25.7 Å². The molecular weight excluding hydrogens is 114 g/mol. The average Bonchev–Trinajstić information content (AvgIpc) is 2.33. The molecule has 0 amide bonds. The Morgan fingerprint density at radius 2 is 2.22 bits per heavy atom. The third kappa shape index (κ3) is 0.824. The summed E-state index contributed by atoms with van der Waals surface area (Å²) in [4.78, 5) is 3.21. The van der Waals surface area contributed by atoms with Gasteiger partial charge >= 0.3 is 6.40 Å². The monoisotopic (exact) mass is 126 g/mol. The van der Waals surface area contributed by atoms with Crippen LogP contribution in [0, 0.1) is 0 Å². The van der Waals surface area contributed by atoms with Crippen molar-refractivity contribution < 1.29 is 9.73 Å². The maximum absolute atomic E-state index is 5.32. The predicted molar refractivity (Wildman–Crippen MR) is 34.2 cm³/mol. The lowest BCUT2D eigenvalue weighted by Crippen LogP contribution is -2.75. The summed E-state index contributed by atoms with van der Waals surface area (Å²) >= 11 is 0. The quantitative estimate of drug-likeness (QED) is 0.462. The van der Waals surface area contributed by atoms with Crippen molar-refractivity contribution in [3.63, 3.8) is 0 Å². The minimum atomic E-state index is 0.499. The van der Waals surface area contributed by atoms with Crippen LogP contribution in [-0.2, 0) is 4.74 Å². The maximum atomic E-state index is 5.32. The van der Waals surface area contributed by atoms with Crippen LogP contribution in [0.15, 0.2) is 0 Å². The summed E-state index contributed by atoms with van der Waals surface area (Å²) in [7, 11) is 0. The molecule has 0 aromatic heterocycles. The van der Waals surface area contributed by atoms with E-state index in [2.05, 4.69) is 4.99 Å². The molecule has 1 fully saturated rings. The van der Waals surface area contributed by atoms with Crippen molar-refractivity contribution in [2.45, 2.75) is 37.8 Å². The first-order chi connectivity index (χ1) is 4.47. The third-order valence-electron chi connectivity index (χ3n) is 2.23. The molecule has 0 aromatic rings. The molecule has 0 bridgehead atoms. The van der Waals surface area contributed by atoms with Gasteiger partial charge in [0.2, 0.25) is 0 Å². The standard InChI is InChI=1S/C7H11NO/c1-2-4-7-6(3-1)8-5-9-7/h5-7H,1-4H2/p+1. The lowest BCUT2D eigenvalue weighted by molar-refractivity contribution is -0.494. The maximum Gasteiger partial charge on any atom is 0.322 e. The molecule has 2 unspecified atom stereocenters. The summed E-state index contributed by atoms with van der Waals surface area (Å²) in [6.07, 6.45) is 7.50. The number of ether oxygens (including phenoxy) is 1. The molecule has 1 N–H and O–H groups in total. The molecule has 2 rings (SSSR count). The number of fused-ring (bicyclic) bond motifs is 1. The minimum absolute atomic E-state index is 0.499. The molecule has 9 heavy (non-hydrogen) atoms. The lowest BCUT2D eigenvalue weighted by Gasteiger charge is -2.17. The van der Waals surface area contributed by atoms with Gasteiger partial charge in [-0.15, -0.1) is 0 Å². The van der Waals surface area contributed by atoms with Crippen LogP contribution in [0.4, 0.5) is 0 Å². The van der Waals surface area contributed by atoms with Gasteiger partial charge in [0.05, 0.1) is 0 Å². The van der Waals surface area contributed by atoms with E-state index in [1.807, 2.05) is 0 Å². The Morgan fingerprint density at radius 1 is 1.33 bits per heavy atom. The summed E-state index contributed by atoms with van der Waals surface area (Å²) in [6, 6.07) is 0.638. The van der Waals surface area contributed by atoms with Crippen LogP contribution in [-0.4, -0.2) is 18.5 Å². The normalized spacial score (nSPS) is 40.0. The second-order valence-corrected chi connectivity index (χ2v) is 2.85. The highest BCUT2D eigenvalue weighted by atomic mass is 16.5. The van der Waals surface area contributed by atoms with Crippen LogP contribution >= 0.6 is 0 Å². The highest BCUT2D eigenvalue weighted by Gasteiger charge is 2.33. The van der Waals surface area contributed by atoms with E-state index in [4.69, 9.17) is 4.74 Å². The van der Waals surface area contributed by atoms with Gasteiger partial charge in [-0.05, 0) is 19.3 Å². The Kier molecular flexibility index (Phi) is 1.18. The molecule has 0 spiro atoms. The zero-order valence-corrected chi connectivity index (χ0v) is 5.47. The zero-order chi connectivity index (χ0) is 6.10. The number of hydrogen-bond acceptors (Lipinski definition) is 1. The van der Waals surface area contributed by atoms with E-state index >= 15 is 0 Å². The first kappa shape index (κ1) is 5.27. The topological polar surface area (TPSA) is 23.2 Å². The number of rotatable bonds is 0. The van der Waals surface area contributed by atoms with E-state index in [1.54, 1.807) is 6.40 Å². The molecule has 2 aliphatic rings. The van der Waals surface area contributed by atoms with Crippen LogP contribution in [0.25, 0.3) is 0 Å². The summed E-state index contributed by atoms with van der Waals surface area (Å²) in [6.45, 7) is 0. The zero-order valence-electron chi connectivity index (χ0n) is 5.47. The van der Waals surface area contributed by atoms with Gasteiger partial charge in [-0.3, -0.25) is 0 Å². The first-order valence-electron chi connectivity index (χ1n) is 3.70. The van der Waals surface area contributed by atoms with Gasteiger partial charge in [0.15, 0.2) is 12.1 Å². The van der Waals surface area contributed by atoms with Crippen LogP contribution in [0.2, 0.25) is 0 Å². The van der Waals surface area contributed by atoms with Gasteiger partial charge in [-0.25, -0.2) is 4.99 Å². The van der Waals surface area contributed by atoms with Crippen molar-refractivity contribution in [3.05, 3.63) is 0 Å². The van der Waals surface area contributed by atoms with E-state index in [0.717, 1.165) is 0 Å². The molecule has 1 aliphatic heterocycles. The van der Waals surface area contributed by atoms with Crippen molar-refractivity contribution >= 4 is 6.40 Å². The molecule has 2 nitrogen and oxygen atoms in total. The average molecular weight is 126 g/mol. The van der Waals surface area contributed by atoms with Gasteiger partial charge in [-0.1, -0.05) is 0 Å². The Bertz CT molecular complexity index is 133. The van der Waals surface area contributed by atoms with Gasteiger partial charge < -0.3 is 4.74 Å². The van der Waals surface area contributed by atoms with Crippen LogP contribution in [0.5, 0.6) is 0 Å². The second-order valence-electron chi connectivity index (χ2n) is 2.85. The van der Waals surface area contributed by atoms with Gasteiger partial charge in [-0.2, -0.15) is 0 Å². The van der Waals surface area contributed by atoms with E-state index in [9.17, 15) is 0 Å². The van der Waals surface area contributed by atoms with Crippen molar-refractivity contribution in [3.8, 4) is 0 Å². The fraction of sp³-hybridized carbons (Fsp3) is 0.857. The third-order valence-corrected chi connectivity index (χ3v) is 2.23. The Labute approximate surface area is 54.9 Å². The highest BCUT2D eigenvalue weighted by Crippen LogP contribution is 2.19. The summed E-state index contributed by atoms with van der Waals surface area (Å²) in [5, 5.41) is 0. The Morgan fingerprint density at radius 3 is 3.11 bits per heavy atom. The molecule has 0 aromatic carbocycles. The highest BCUT2D eigenvalue weighted by molar-refractivity contribution is 5.40. The molecule has 2 heteroatoms. The Hall–Kier alpha value is -0.530. The molecule has 1 aliphatic carbocycles. The number of hydrogen-bond donors (Lipinski definition) is 1. The van der Waals surface area contributed by atoms with Crippen molar-refractivity contribution in [1.29, 1.82) is 0 Å². The SMILES string of the molecule is C1=[NH+]C2CCCCC2O1. The molecule has 0 radical (unpaired) electrons. The summed E-state index contributed by atoms with van der Waals surface area (Å²) in [5.74, 6) is 0. The smallest absolute Gasteiger partial charge is 0.322 e. The van der Waals surface area contributed by atoms with Gasteiger partial charge in [0.1, 0.15) is 0 Å². The van der Waals surface area contributed by atoms with E-state index in [1.165, 1.54) is 25.7 Å². The fourth-order valence-corrected chi connectivity index (χ4v) is 1.66. The number of nitrogens with one attached hydrogen (secondary N) is 1. The predicted octanol–water partition coefficient (Wildman–Crippen LogP) is -0.563. The lowest BCUT2D eigenvalue weighted by atomic mass is 9.94. The van der Waals surface area contributed by atoms with Crippen LogP contribution < -0.4 is 4.99 Å². The minimum Gasteiger partial charge on any atom is -0.440 e. The van der Waals surface area contributed by atoms with Gasteiger partial charge in [0, 0.05) is 6.42 Å². The summed E-state index contributed by atoms with van der Waals surface area (Å²) < 4.78 is 5.32. The first-order valence-corrected chi connectivity index (χ1v) is 3.70. The van der Waals surface area contributed by atoms with Crippen molar-refractivity contribution in [2.24, 2.45) is 0 Å². The molecule has 0 saturated heterocycles. The largest absolute Gasteiger partial charge is 0.440 e. The van der Waals surface area contributed by atoms with Crippen molar-refractivity contribution in [1.82, 2.24) is 0 Å². The Balaban J connectivity index is 2.03. The molecule has 1 saturated carbocycles. The fourth-order valence-electron chi connectivity index (χ4n) is 1.66. The van der Waals surface area contributed by atoms with E-state index in [0.29, 0.717) is 12.1 Å². The van der Waals surface area contributed by atoms with Gasteiger partial charge in [0.25, 0.3) is 0 Å². The molecule has 50 valence electrons.